The Balaban J connectivity index is 3.42. The third kappa shape index (κ3) is 6.66. The van der Waals surface area contributed by atoms with Crippen LogP contribution < -0.4 is 5.73 Å². The maximum atomic E-state index is 10.9. The lowest BCUT2D eigenvalue weighted by atomic mass is 10.3. The summed E-state index contributed by atoms with van der Waals surface area (Å²) in [5.74, 6) is 1.22. The molecular weight excluding hydrogens is 186 g/mol. The van der Waals surface area contributed by atoms with E-state index in [2.05, 4.69) is 11.3 Å². The number of hydrogen-bond donors (Lipinski definition) is 1. The molecule has 0 aliphatic carbocycles. The van der Waals surface area contributed by atoms with Crippen LogP contribution in [0.1, 0.15) is 13.3 Å². The summed E-state index contributed by atoms with van der Waals surface area (Å²) in [5.41, 5.74) is 6.68. The van der Waals surface area contributed by atoms with Gasteiger partial charge >= 0.3 is 5.97 Å². The van der Waals surface area contributed by atoms with E-state index in [9.17, 15) is 4.79 Å². The van der Waals surface area contributed by atoms with Crippen LogP contribution in [0.2, 0.25) is 0 Å². The van der Waals surface area contributed by atoms with E-state index in [1.165, 1.54) is 7.11 Å². The van der Waals surface area contributed by atoms with E-state index in [1.54, 1.807) is 11.8 Å². The van der Waals surface area contributed by atoms with E-state index in [4.69, 9.17) is 5.73 Å². The standard InChI is InChI=1S/C9H17NO2S/c1-7(2)4-5-13-6-8(10)9(11)12-3/h8H,1,4-6,10H2,2-3H3. The summed E-state index contributed by atoms with van der Waals surface area (Å²) < 4.78 is 4.50. The number of methoxy groups -OCH3 is 1. The highest BCUT2D eigenvalue weighted by molar-refractivity contribution is 7.99. The van der Waals surface area contributed by atoms with Gasteiger partial charge in [0.2, 0.25) is 0 Å². The fourth-order valence-corrected chi connectivity index (χ4v) is 1.73. The molecule has 0 aromatic rings. The minimum absolute atomic E-state index is 0.345. The number of carbonyl (C=O) groups is 1. The maximum Gasteiger partial charge on any atom is 0.323 e. The van der Waals surface area contributed by atoms with Gasteiger partial charge < -0.3 is 10.5 Å². The molecule has 0 rings (SSSR count). The monoisotopic (exact) mass is 203 g/mol. The van der Waals surface area contributed by atoms with Gasteiger partial charge in [0.05, 0.1) is 7.11 Å². The SMILES string of the molecule is C=C(C)CCSCC(N)C(=O)OC. The predicted molar refractivity (Wildman–Crippen MR) is 56.7 cm³/mol. The number of allylic oxidation sites excluding steroid dienone is 1. The Bertz CT molecular complexity index is 182. The third-order valence-electron chi connectivity index (χ3n) is 1.47. The van der Waals surface area contributed by atoms with Crippen LogP contribution in [-0.2, 0) is 9.53 Å². The van der Waals surface area contributed by atoms with Gasteiger partial charge in [0, 0.05) is 5.75 Å². The number of thioether (sulfide) groups is 1. The number of rotatable bonds is 6. The molecule has 0 saturated carbocycles. The van der Waals surface area contributed by atoms with E-state index in [-0.39, 0.29) is 5.97 Å². The molecule has 76 valence electrons. The molecule has 0 aliphatic heterocycles. The molecule has 2 N–H and O–H groups in total. The first-order chi connectivity index (χ1) is 6.07. The van der Waals surface area contributed by atoms with Crippen molar-refractivity contribution in [2.45, 2.75) is 19.4 Å². The summed E-state index contributed by atoms with van der Waals surface area (Å²) >= 11 is 1.65. The van der Waals surface area contributed by atoms with Gasteiger partial charge in [-0.3, -0.25) is 4.79 Å². The summed E-state index contributed by atoms with van der Waals surface area (Å²) in [5, 5.41) is 0. The second kappa shape index (κ2) is 6.97. The summed E-state index contributed by atoms with van der Waals surface area (Å²) in [4.78, 5) is 10.9. The Labute approximate surface area is 83.7 Å². The summed E-state index contributed by atoms with van der Waals surface area (Å²) in [6.45, 7) is 5.77. The molecule has 0 aromatic carbocycles. The first-order valence-corrected chi connectivity index (χ1v) is 5.29. The molecular formula is C9H17NO2S. The van der Waals surface area contributed by atoms with Gasteiger partial charge in [0.1, 0.15) is 6.04 Å². The molecule has 0 fully saturated rings. The second-order valence-electron chi connectivity index (χ2n) is 2.91. The van der Waals surface area contributed by atoms with Crippen LogP contribution in [0.3, 0.4) is 0 Å². The smallest absolute Gasteiger partial charge is 0.323 e. The number of carbonyl (C=O) groups excluding carboxylic acids is 1. The molecule has 0 spiro atoms. The fraction of sp³-hybridized carbons (Fsp3) is 0.667. The van der Waals surface area contributed by atoms with Crippen LogP contribution in [0, 0.1) is 0 Å². The average molecular weight is 203 g/mol. The van der Waals surface area contributed by atoms with Crippen molar-refractivity contribution in [3.63, 3.8) is 0 Å². The second-order valence-corrected chi connectivity index (χ2v) is 4.06. The highest BCUT2D eigenvalue weighted by Crippen LogP contribution is 2.08. The van der Waals surface area contributed by atoms with Crippen LogP contribution >= 0.6 is 11.8 Å². The Hall–Kier alpha value is -0.480. The molecule has 3 nitrogen and oxygen atoms in total. The van der Waals surface area contributed by atoms with E-state index >= 15 is 0 Å². The summed E-state index contributed by atoms with van der Waals surface area (Å²) in [6, 6.07) is -0.500. The van der Waals surface area contributed by atoms with Crippen molar-refractivity contribution in [3.05, 3.63) is 12.2 Å². The summed E-state index contributed by atoms with van der Waals surface area (Å²) in [7, 11) is 1.35. The Morgan fingerprint density at radius 3 is 2.77 bits per heavy atom. The van der Waals surface area contributed by atoms with Crippen LogP contribution in [0.15, 0.2) is 12.2 Å². The quantitative estimate of drug-likeness (QED) is 0.400. The largest absolute Gasteiger partial charge is 0.468 e. The minimum Gasteiger partial charge on any atom is -0.468 e. The topological polar surface area (TPSA) is 52.3 Å². The van der Waals surface area contributed by atoms with Gasteiger partial charge in [-0.2, -0.15) is 11.8 Å². The first-order valence-electron chi connectivity index (χ1n) is 4.13. The zero-order valence-electron chi connectivity index (χ0n) is 8.21. The van der Waals surface area contributed by atoms with Crippen LogP contribution in [0.5, 0.6) is 0 Å². The zero-order chi connectivity index (χ0) is 10.3. The van der Waals surface area contributed by atoms with Crippen molar-refractivity contribution in [1.82, 2.24) is 0 Å². The number of esters is 1. The molecule has 0 radical (unpaired) electrons. The number of nitrogens with two attached hydrogens (primary N) is 1. The zero-order valence-corrected chi connectivity index (χ0v) is 9.02. The first kappa shape index (κ1) is 12.5. The third-order valence-corrected chi connectivity index (χ3v) is 2.56. The molecule has 1 unspecified atom stereocenters. The molecule has 1 atom stereocenters. The lowest BCUT2D eigenvalue weighted by molar-refractivity contribution is -0.141. The van der Waals surface area contributed by atoms with Gasteiger partial charge in [0.15, 0.2) is 0 Å². The highest BCUT2D eigenvalue weighted by Gasteiger charge is 2.12. The lowest BCUT2D eigenvalue weighted by Gasteiger charge is -2.08. The van der Waals surface area contributed by atoms with Crippen molar-refractivity contribution in [1.29, 1.82) is 0 Å². The molecule has 0 aromatic heterocycles. The maximum absolute atomic E-state index is 10.9. The van der Waals surface area contributed by atoms with E-state index in [0.29, 0.717) is 5.75 Å². The molecule has 13 heavy (non-hydrogen) atoms. The summed E-state index contributed by atoms with van der Waals surface area (Å²) in [6.07, 6.45) is 0.971. The van der Waals surface area contributed by atoms with Crippen molar-refractivity contribution in [3.8, 4) is 0 Å². The molecule has 4 heteroatoms. The highest BCUT2D eigenvalue weighted by atomic mass is 32.2. The Morgan fingerprint density at radius 2 is 2.31 bits per heavy atom. The van der Waals surface area contributed by atoms with Crippen molar-refractivity contribution < 1.29 is 9.53 Å². The lowest BCUT2D eigenvalue weighted by Crippen LogP contribution is -2.33. The number of hydrogen-bond acceptors (Lipinski definition) is 4. The van der Waals surface area contributed by atoms with Crippen LogP contribution in [-0.4, -0.2) is 30.6 Å². The molecule has 0 heterocycles. The van der Waals surface area contributed by atoms with Gasteiger partial charge in [-0.15, -0.1) is 6.58 Å². The van der Waals surface area contributed by atoms with Gasteiger partial charge in [-0.05, 0) is 19.1 Å². The normalized spacial score (nSPS) is 12.2. The van der Waals surface area contributed by atoms with E-state index in [0.717, 1.165) is 17.7 Å². The van der Waals surface area contributed by atoms with Gasteiger partial charge in [-0.1, -0.05) is 5.57 Å². The van der Waals surface area contributed by atoms with Crippen molar-refractivity contribution in [2.24, 2.45) is 5.73 Å². The van der Waals surface area contributed by atoms with Crippen LogP contribution in [0.25, 0.3) is 0 Å². The Morgan fingerprint density at radius 1 is 1.69 bits per heavy atom. The van der Waals surface area contributed by atoms with Gasteiger partial charge in [-0.25, -0.2) is 0 Å². The van der Waals surface area contributed by atoms with Crippen molar-refractivity contribution in [2.75, 3.05) is 18.6 Å². The Kier molecular flexibility index (Phi) is 6.72. The minimum atomic E-state index is -0.500. The molecule has 0 amide bonds. The molecule has 0 bridgehead atoms. The van der Waals surface area contributed by atoms with Crippen LogP contribution in [0.4, 0.5) is 0 Å². The van der Waals surface area contributed by atoms with Gasteiger partial charge in [0.25, 0.3) is 0 Å². The number of ether oxygens (including phenoxy) is 1. The fourth-order valence-electron chi connectivity index (χ4n) is 0.676. The molecule has 0 aliphatic rings. The van der Waals surface area contributed by atoms with Crippen molar-refractivity contribution >= 4 is 17.7 Å². The average Bonchev–Trinajstić information content (AvgIpc) is 2.10. The van der Waals surface area contributed by atoms with E-state index < -0.39 is 6.04 Å². The van der Waals surface area contributed by atoms with E-state index in [1.807, 2.05) is 6.92 Å². The predicted octanol–water partition coefficient (Wildman–Crippen LogP) is 1.19. The molecule has 0 saturated heterocycles.